The average molecular weight is 249 g/mol. The van der Waals surface area contributed by atoms with Gasteiger partial charge in [-0.15, -0.1) is 0 Å². The Morgan fingerprint density at radius 3 is 2.38 bits per heavy atom. The van der Waals surface area contributed by atoms with E-state index in [1.807, 2.05) is 0 Å². The summed E-state index contributed by atoms with van der Waals surface area (Å²) in [5.41, 5.74) is 0. The molecule has 2 atom stereocenters. The zero-order chi connectivity index (χ0) is 12.6. The van der Waals surface area contributed by atoms with Crippen LogP contribution in [-0.2, 0) is 20.3 Å². The van der Waals surface area contributed by atoms with E-state index in [1.54, 1.807) is 6.92 Å². The molecule has 0 aromatic rings. The molecule has 0 aromatic heterocycles. The molecule has 0 rings (SSSR count). The molecule has 16 heavy (non-hydrogen) atoms. The summed E-state index contributed by atoms with van der Waals surface area (Å²) < 4.78 is 16.3. The molecule has 0 N–H and O–H groups in total. The Balaban J connectivity index is 3.86. The molecule has 0 aromatic carbocycles. The summed E-state index contributed by atoms with van der Waals surface area (Å²) in [6, 6.07) is 0. The van der Waals surface area contributed by atoms with Gasteiger partial charge in [-0.1, -0.05) is 20.8 Å². The van der Waals surface area contributed by atoms with Gasteiger partial charge in [0.25, 0.3) is 0 Å². The maximum absolute atomic E-state index is 11.7. The largest absolute Gasteiger partial charge is 0.469 e. The van der Waals surface area contributed by atoms with Crippen molar-refractivity contribution in [1.29, 1.82) is 0 Å². The highest BCUT2D eigenvalue weighted by Crippen LogP contribution is 2.01. The molecule has 0 fully saturated rings. The van der Waals surface area contributed by atoms with Gasteiger partial charge in [0.2, 0.25) is 0 Å². The van der Waals surface area contributed by atoms with E-state index in [0.29, 0.717) is 11.5 Å². The zero-order valence-corrected chi connectivity index (χ0v) is 11.5. The molecule has 0 spiro atoms. The van der Waals surface area contributed by atoms with Crippen molar-refractivity contribution < 1.29 is 13.7 Å². The molecule has 4 nitrogen and oxygen atoms in total. The van der Waals surface area contributed by atoms with Crippen LogP contribution in [0.5, 0.6) is 0 Å². The first-order chi connectivity index (χ1) is 7.54. The van der Waals surface area contributed by atoms with E-state index in [0.717, 1.165) is 19.6 Å². The lowest BCUT2D eigenvalue weighted by Crippen LogP contribution is -2.29. The van der Waals surface area contributed by atoms with Crippen LogP contribution in [0.4, 0.5) is 0 Å². The average Bonchev–Trinajstić information content (AvgIpc) is 2.29. The summed E-state index contributed by atoms with van der Waals surface area (Å²) in [6.07, 6.45) is 0. The van der Waals surface area contributed by atoms with Crippen LogP contribution in [0.3, 0.4) is 0 Å². The zero-order valence-electron chi connectivity index (χ0n) is 10.7. The molecule has 2 unspecified atom stereocenters. The van der Waals surface area contributed by atoms with Crippen LogP contribution < -0.4 is 0 Å². The lowest BCUT2D eigenvalue weighted by atomic mass is 10.2. The van der Waals surface area contributed by atoms with Crippen molar-refractivity contribution in [2.24, 2.45) is 5.92 Å². The van der Waals surface area contributed by atoms with E-state index in [2.05, 4.69) is 23.5 Å². The number of rotatable bonds is 8. The lowest BCUT2D eigenvalue weighted by Gasteiger charge is -2.17. The summed E-state index contributed by atoms with van der Waals surface area (Å²) >= 11 is 0. The smallest absolute Gasteiger partial charge is 0.309 e. The topological polar surface area (TPSA) is 46.6 Å². The second kappa shape index (κ2) is 8.70. The molecule has 0 heterocycles. The van der Waals surface area contributed by atoms with Crippen molar-refractivity contribution >= 4 is 16.8 Å². The third-order valence-corrected chi connectivity index (χ3v) is 4.08. The maximum atomic E-state index is 11.7. The number of carbonyl (C=O) groups excluding carboxylic acids is 1. The van der Waals surface area contributed by atoms with E-state index in [4.69, 9.17) is 0 Å². The molecule has 0 aliphatic carbocycles. The first-order valence-corrected chi connectivity index (χ1v) is 7.19. The number of carbonyl (C=O) groups is 1. The molecule has 0 aliphatic rings. The van der Waals surface area contributed by atoms with Crippen molar-refractivity contribution in [3.63, 3.8) is 0 Å². The van der Waals surface area contributed by atoms with Crippen LogP contribution in [0.15, 0.2) is 0 Å². The molecular weight excluding hydrogens is 226 g/mol. The fourth-order valence-corrected chi connectivity index (χ4v) is 2.72. The number of methoxy groups -OCH3 is 1. The second-order valence-electron chi connectivity index (χ2n) is 3.76. The Hall–Kier alpha value is -0.420. The summed E-state index contributed by atoms with van der Waals surface area (Å²) in [5, 5.41) is 0. The molecule has 0 bridgehead atoms. The Bertz CT molecular complexity index is 229. The molecule has 96 valence electrons. The minimum atomic E-state index is -0.939. The molecule has 0 saturated heterocycles. The van der Waals surface area contributed by atoms with Gasteiger partial charge in [-0.25, -0.2) is 0 Å². The third-order valence-electron chi connectivity index (χ3n) is 2.57. The van der Waals surface area contributed by atoms with Crippen molar-refractivity contribution in [3.8, 4) is 0 Å². The maximum Gasteiger partial charge on any atom is 0.309 e. The van der Waals surface area contributed by atoms with Crippen molar-refractivity contribution in [3.05, 3.63) is 0 Å². The first-order valence-electron chi connectivity index (χ1n) is 5.70. The fraction of sp³-hybridized carbons (Fsp3) is 0.909. The SMILES string of the molecule is CCN(CC)CCS(=O)CC(C)C(=O)OC. The van der Waals surface area contributed by atoms with Gasteiger partial charge in [-0.2, -0.15) is 0 Å². The highest BCUT2D eigenvalue weighted by atomic mass is 32.2. The fourth-order valence-electron chi connectivity index (χ4n) is 1.40. The van der Waals surface area contributed by atoms with Gasteiger partial charge in [0.15, 0.2) is 0 Å². The molecule has 0 radical (unpaired) electrons. The van der Waals surface area contributed by atoms with Crippen molar-refractivity contribution in [1.82, 2.24) is 4.90 Å². The predicted molar refractivity (Wildman–Crippen MR) is 66.8 cm³/mol. The summed E-state index contributed by atoms with van der Waals surface area (Å²) in [6.45, 7) is 8.70. The molecule has 0 amide bonds. The van der Waals surface area contributed by atoms with E-state index in [1.165, 1.54) is 7.11 Å². The number of nitrogens with zero attached hydrogens (tertiary/aromatic N) is 1. The number of hydrogen-bond donors (Lipinski definition) is 0. The highest BCUT2D eigenvalue weighted by molar-refractivity contribution is 7.85. The van der Waals surface area contributed by atoms with Crippen LogP contribution in [-0.4, -0.2) is 53.3 Å². The molecule has 5 heteroatoms. The Labute approximate surface area is 101 Å². The highest BCUT2D eigenvalue weighted by Gasteiger charge is 2.16. The van der Waals surface area contributed by atoms with Gasteiger partial charge < -0.3 is 9.64 Å². The van der Waals surface area contributed by atoms with E-state index in [-0.39, 0.29) is 11.9 Å². The van der Waals surface area contributed by atoms with Gasteiger partial charge in [-0.05, 0) is 13.1 Å². The molecular formula is C11H23NO3S. The third kappa shape index (κ3) is 6.23. The Kier molecular flexibility index (Phi) is 8.47. The monoisotopic (exact) mass is 249 g/mol. The number of ether oxygens (including phenoxy) is 1. The molecule has 0 saturated carbocycles. The van der Waals surface area contributed by atoms with Gasteiger partial charge in [0.05, 0.1) is 13.0 Å². The van der Waals surface area contributed by atoms with E-state index >= 15 is 0 Å². The summed E-state index contributed by atoms with van der Waals surface area (Å²) in [5.74, 6) is 0.468. The first kappa shape index (κ1) is 15.6. The van der Waals surface area contributed by atoms with Crippen LogP contribution in [0.25, 0.3) is 0 Å². The van der Waals surface area contributed by atoms with Crippen LogP contribution >= 0.6 is 0 Å². The summed E-state index contributed by atoms with van der Waals surface area (Å²) in [7, 11) is 0.420. The second-order valence-corrected chi connectivity index (χ2v) is 5.38. The van der Waals surface area contributed by atoms with Crippen molar-refractivity contribution in [2.75, 3.05) is 38.2 Å². The molecule has 0 aliphatic heterocycles. The van der Waals surface area contributed by atoms with E-state index in [9.17, 15) is 9.00 Å². The standard InChI is InChI=1S/C11H23NO3S/c1-5-12(6-2)7-8-16(14)9-10(3)11(13)15-4/h10H,5-9H2,1-4H3. The van der Waals surface area contributed by atoms with Crippen LogP contribution in [0.2, 0.25) is 0 Å². The predicted octanol–water partition coefficient (Wildman–Crippen LogP) is 0.886. The minimum absolute atomic E-state index is 0.275. The quantitative estimate of drug-likeness (QED) is 0.599. The normalized spacial score (nSPS) is 14.8. The van der Waals surface area contributed by atoms with Gasteiger partial charge in [0, 0.05) is 28.9 Å². The number of esters is 1. The lowest BCUT2D eigenvalue weighted by molar-refractivity contribution is -0.144. The van der Waals surface area contributed by atoms with Gasteiger partial charge in [-0.3, -0.25) is 9.00 Å². The van der Waals surface area contributed by atoms with Gasteiger partial charge in [0.1, 0.15) is 0 Å². The number of hydrogen-bond acceptors (Lipinski definition) is 4. The minimum Gasteiger partial charge on any atom is -0.469 e. The Morgan fingerprint density at radius 1 is 1.38 bits per heavy atom. The van der Waals surface area contributed by atoms with Gasteiger partial charge >= 0.3 is 5.97 Å². The van der Waals surface area contributed by atoms with Crippen molar-refractivity contribution in [2.45, 2.75) is 20.8 Å². The van der Waals surface area contributed by atoms with Crippen LogP contribution in [0, 0.1) is 5.92 Å². The van der Waals surface area contributed by atoms with E-state index < -0.39 is 10.8 Å². The summed E-state index contributed by atoms with van der Waals surface area (Å²) in [4.78, 5) is 13.4. The Morgan fingerprint density at radius 2 is 1.94 bits per heavy atom. The van der Waals surface area contributed by atoms with Crippen LogP contribution in [0.1, 0.15) is 20.8 Å².